The minimum absolute atomic E-state index is 0.173. The van der Waals surface area contributed by atoms with Crippen LogP contribution in [0.3, 0.4) is 0 Å². The molecule has 2 rings (SSSR count). The zero-order chi connectivity index (χ0) is 14.9. The minimum Gasteiger partial charge on any atom is -0.337 e. The summed E-state index contributed by atoms with van der Waals surface area (Å²) in [6.07, 6.45) is 1.80. The number of carbonyl (C=O) groups is 1. The summed E-state index contributed by atoms with van der Waals surface area (Å²) >= 11 is 0. The van der Waals surface area contributed by atoms with Crippen molar-refractivity contribution >= 4 is 5.91 Å². The first kappa shape index (κ1) is 14.2. The molecule has 1 amide bonds. The van der Waals surface area contributed by atoms with Crippen molar-refractivity contribution in [1.82, 2.24) is 24.8 Å². The Balaban J connectivity index is 2.15. The molecule has 0 bridgehead atoms. The monoisotopic (exact) mass is 277 g/mol. The predicted molar refractivity (Wildman–Crippen MR) is 72.2 cm³/mol. The van der Waals surface area contributed by atoms with Gasteiger partial charge in [-0.25, -0.2) is 0 Å². The maximum absolute atomic E-state index is 12.4. The Bertz CT molecular complexity index is 601. The van der Waals surface area contributed by atoms with E-state index in [4.69, 9.17) is 4.52 Å². The fourth-order valence-electron chi connectivity index (χ4n) is 1.74. The molecule has 2 aromatic rings. The van der Waals surface area contributed by atoms with Crippen molar-refractivity contribution in [2.24, 2.45) is 0 Å². The highest BCUT2D eigenvalue weighted by Crippen LogP contribution is 2.18. The number of hydrogen-bond acceptors (Lipinski definition) is 5. The quantitative estimate of drug-likeness (QED) is 0.854. The van der Waals surface area contributed by atoms with E-state index >= 15 is 0 Å². The molecule has 0 saturated heterocycles. The van der Waals surface area contributed by atoms with Gasteiger partial charge in [0.25, 0.3) is 5.91 Å². The van der Waals surface area contributed by atoms with Crippen LogP contribution in [0.25, 0.3) is 0 Å². The SMILES string of the molecule is Cc1noc([C@H](C)N(C)C(=O)c2ccn(C(C)C)n2)n1. The van der Waals surface area contributed by atoms with Crippen molar-refractivity contribution < 1.29 is 9.32 Å². The first-order valence-corrected chi connectivity index (χ1v) is 6.52. The summed E-state index contributed by atoms with van der Waals surface area (Å²) in [6.45, 7) is 7.60. The van der Waals surface area contributed by atoms with Crippen LogP contribution in [0, 0.1) is 6.92 Å². The molecule has 1 atom stereocenters. The van der Waals surface area contributed by atoms with E-state index in [-0.39, 0.29) is 18.0 Å². The molecule has 0 aromatic carbocycles. The predicted octanol–water partition coefficient (Wildman–Crippen LogP) is 1.99. The zero-order valence-electron chi connectivity index (χ0n) is 12.4. The highest BCUT2D eigenvalue weighted by atomic mass is 16.5. The average Bonchev–Trinajstić information content (AvgIpc) is 3.04. The van der Waals surface area contributed by atoms with E-state index < -0.39 is 0 Å². The van der Waals surface area contributed by atoms with Crippen molar-refractivity contribution in [1.29, 1.82) is 0 Å². The van der Waals surface area contributed by atoms with Crippen LogP contribution in [0.15, 0.2) is 16.8 Å². The van der Waals surface area contributed by atoms with Crippen LogP contribution in [0.4, 0.5) is 0 Å². The number of amides is 1. The molecule has 0 fully saturated rings. The molecule has 7 heteroatoms. The maximum atomic E-state index is 12.4. The second-order valence-corrected chi connectivity index (χ2v) is 5.05. The van der Waals surface area contributed by atoms with E-state index in [0.717, 1.165) is 0 Å². The Labute approximate surface area is 117 Å². The first-order valence-electron chi connectivity index (χ1n) is 6.52. The van der Waals surface area contributed by atoms with Crippen molar-refractivity contribution in [3.63, 3.8) is 0 Å². The van der Waals surface area contributed by atoms with Gasteiger partial charge < -0.3 is 9.42 Å². The lowest BCUT2D eigenvalue weighted by molar-refractivity contribution is 0.0709. The van der Waals surface area contributed by atoms with Crippen molar-refractivity contribution in [2.45, 2.75) is 39.8 Å². The normalized spacial score (nSPS) is 12.7. The highest BCUT2D eigenvalue weighted by Gasteiger charge is 2.24. The number of carbonyl (C=O) groups excluding carboxylic acids is 1. The molecular formula is C13H19N5O2. The molecule has 20 heavy (non-hydrogen) atoms. The fourth-order valence-corrected chi connectivity index (χ4v) is 1.74. The molecule has 0 aliphatic heterocycles. The van der Waals surface area contributed by atoms with E-state index in [1.165, 1.54) is 0 Å². The van der Waals surface area contributed by atoms with Crippen molar-refractivity contribution in [3.05, 3.63) is 29.7 Å². The van der Waals surface area contributed by atoms with E-state index in [9.17, 15) is 4.79 Å². The smallest absolute Gasteiger partial charge is 0.274 e. The van der Waals surface area contributed by atoms with Crippen LogP contribution in [0.2, 0.25) is 0 Å². The molecule has 0 aliphatic rings. The van der Waals surface area contributed by atoms with Crippen molar-refractivity contribution in [2.75, 3.05) is 7.05 Å². The number of aromatic nitrogens is 4. The second kappa shape index (κ2) is 5.44. The maximum Gasteiger partial charge on any atom is 0.274 e. The lowest BCUT2D eigenvalue weighted by Crippen LogP contribution is -2.30. The third kappa shape index (κ3) is 2.71. The van der Waals surface area contributed by atoms with Gasteiger partial charge in [-0.1, -0.05) is 5.16 Å². The topological polar surface area (TPSA) is 77.0 Å². The van der Waals surface area contributed by atoms with E-state index in [2.05, 4.69) is 15.2 Å². The van der Waals surface area contributed by atoms with Gasteiger partial charge >= 0.3 is 0 Å². The first-order chi connectivity index (χ1) is 9.40. The van der Waals surface area contributed by atoms with Gasteiger partial charge in [0.1, 0.15) is 11.7 Å². The summed E-state index contributed by atoms with van der Waals surface area (Å²) < 4.78 is 6.85. The van der Waals surface area contributed by atoms with E-state index in [0.29, 0.717) is 17.4 Å². The number of rotatable bonds is 4. The Morgan fingerprint density at radius 3 is 2.60 bits per heavy atom. The second-order valence-electron chi connectivity index (χ2n) is 5.05. The molecule has 0 aliphatic carbocycles. The summed E-state index contributed by atoms with van der Waals surface area (Å²) in [7, 11) is 1.70. The van der Waals surface area contributed by atoms with Gasteiger partial charge in [-0.3, -0.25) is 9.48 Å². The third-order valence-corrected chi connectivity index (χ3v) is 3.16. The number of aryl methyl sites for hydroxylation is 1. The lowest BCUT2D eigenvalue weighted by atomic mass is 10.2. The highest BCUT2D eigenvalue weighted by molar-refractivity contribution is 5.92. The third-order valence-electron chi connectivity index (χ3n) is 3.16. The van der Waals surface area contributed by atoms with Gasteiger partial charge in [0, 0.05) is 19.3 Å². The summed E-state index contributed by atoms with van der Waals surface area (Å²) in [5.74, 6) is 0.797. The molecule has 0 spiro atoms. The fraction of sp³-hybridized carbons (Fsp3) is 0.538. The zero-order valence-corrected chi connectivity index (χ0v) is 12.4. The Morgan fingerprint density at radius 1 is 1.40 bits per heavy atom. The van der Waals surface area contributed by atoms with Gasteiger partial charge in [0.05, 0.1) is 0 Å². The van der Waals surface area contributed by atoms with Gasteiger partial charge in [-0.05, 0) is 33.8 Å². The van der Waals surface area contributed by atoms with Crippen molar-refractivity contribution in [3.8, 4) is 0 Å². The molecule has 2 aromatic heterocycles. The van der Waals surface area contributed by atoms with Crippen LogP contribution in [-0.2, 0) is 0 Å². The van der Waals surface area contributed by atoms with Gasteiger partial charge in [0.15, 0.2) is 5.82 Å². The number of nitrogens with zero attached hydrogens (tertiary/aromatic N) is 5. The van der Waals surface area contributed by atoms with Crippen LogP contribution < -0.4 is 0 Å². The minimum atomic E-state index is -0.298. The average molecular weight is 277 g/mol. The molecule has 0 N–H and O–H groups in total. The van der Waals surface area contributed by atoms with Gasteiger partial charge in [-0.15, -0.1) is 0 Å². The number of hydrogen-bond donors (Lipinski definition) is 0. The molecule has 0 saturated carbocycles. The van der Waals surface area contributed by atoms with Crippen LogP contribution in [0.1, 0.15) is 55.1 Å². The summed E-state index contributed by atoms with van der Waals surface area (Å²) in [5.41, 5.74) is 0.407. The van der Waals surface area contributed by atoms with E-state index in [1.54, 1.807) is 35.8 Å². The molecule has 2 heterocycles. The Kier molecular flexibility index (Phi) is 3.87. The summed E-state index contributed by atoms with van der Waals surface area (Å²) in [6, 6.07) is 1.63. The van der Waals surface area contributed by atoms with E-state index in [1.807, 2.05) is 20.8 Å². The van der Waals surface area contributed by atoms with Crippen LogP contribution >= 0.6 is 0 Å². The Hall–Kier alpha value is -2.18. The molecular weight excluding hydrogens is 258 g/mol. The Morgan fingerprint density at radius 2 is 2.10 bits per heavy atom. The molecule has 108 valence electrons. The lowest BCUT2D eigenvalue weighted by Gasteiger charge is -2.20. The standard InChI is InChI=1S/C13H19N5O2/c1-8(2)18-7-6-11(15-18)13(19)17(5)9(3)12-14-10(4)16-20-12/h6-9H,1-5H3/t9-/m0/s1. The largest absolute Gasteiger partial charge is 0.337 e. The van der Waals surface area contributed by atoms with Crippen LogP contribution in [0.5, 0.6) is 0 Å². The van der Waals surface area contributed by atoms with Gasteiger partial charge in [0.2, 0.25) is 5.89 Å². The molecule has 0 unspecified atom stereocenters. The molecule has 7 nitrogen and oxygen atoms in total. The van der Waals surface area contributed by atoms with Crippen LogP contribution in [-0.4, -0.2) is 37.8 Å². The summed E-state index contributed by atoms with van der Waals surface area (Å²) in [4.78, 5) is 18.0. The summed E-state index contributed by atoms with van der Waals surface area (Å²) in [5, 5.41) is 8.01. The van der Waals surface area contributed by atoms with Gasteiger partial charge in [-0.2, -0.15) is 10.1 Å². The molecule has 0 radical (unpaired) electrons.